The van der Waals surface area contributed by atoms with Crippen LogP contribution < -0.4 is 5.32 Å². The molecule has 2 rings (SSSR count). The van der Waals surface area contributed by atoms with Crippen molar-refractivity contribution < 1.29 is 10.0 Å². The molecule has 0 spiro atoms. The average molecular weight is 278 g/mol. The Morgan fingerprint density at radius 2 is 2.10 bits per heavy atom. The molecular weight excluding hydrogens is 256 g/mol. The summed E-state index contributed by atoms with van der Waals surface area (Å²) < 4.78 is 0. The molecule has 0 heterocycles. The summed E-state index contributed by atoms with van der Waals surface area (Å²) in [6, 6.07) is 6.84. The van der Waals surface area contributed by atoms with Crippen LogP contribution in [0.5, 0.6) is 0 Å². The number of aliphatic hydroxyl groups is 1. The van der Waals surface area contributed by atoms with Gasteiger partial charge in [0, 0.05) is 18.2 Å². The van der Waals surface area contributed by atoms with E-state index in [-0.39, 0.29) is 22.8 Å². The Bertz CT molecular complexity index is 447. The lowest BCUT2D eigenvalue weighted by Crippen LogP contribution is -2.30. The lowest BCUT2D eigenvalue weighted by Gasteiger charge is -2.27. The van der Waals surface area contributed by atoms with E-state index in [1.807, 2.05) is 0 Å². The fourth-order valence-electron chi connectivity index (χ4n) is 2.79. The Morgan fingerprint density at radius 1 is 1.40 bits per heavy atom. The minimum absolute atomic E-state index is 0.122. The molecule has 5 heteroatoms. The van der Waals surface area contributed by atoms with Crippen molar-refractivity contribution in [1.82, 2.24) is 5.32 Å². The van der Waals surface area contributed by atoms with E-state index in [4.69, 9.17) is 0 Å². The summed E-state index contributed by atoms with van der Waals surface area (Å²) in [7, 11) is 0. The van der Waals surface area contributed by atoms with Gasteiger partial charge < -0.3 is 10.4 Å². The third-order valence-electron chi connectivity index (χ3n) is 4.07. The van der Waals surface area contributed by atoms with Gasteiger partial charge in [-0.2, -0.15) is 0 Å². The maximum atomic E-state index is 10.6. The number of non-ortho nitro benzene ring substituents is 1. The van der Waals surface area contributed by atoms with E-state index in [9.17, 15) is 15.2 Å². The van der Waals surface area contributed by atoms with Crippen molar-refractivity contribution in [2.45, 2.75) is 44.8 Å². The summed E-state index contributed by atoms with van der Waals surface area (Å²) in [6.45, 7) is 2.94. The first kappa shape index (κ1) is 14.9. The van der Waals surface area contributed by atoms with Crippen molar-refractivity contribution >= 4 is 5.69 Å². The lowest BCUT2D eigenvalue weighted by atomic mass is 9.87. The quantitative estimate of drug-likeness (QED) is 0.641. The van der Waals surface area contributed by atoms with E-state index >= 15 is 0 Å². The highest BCUT2D eigenvalue weighted by atomic mass is 16.6. The van der Waals surface area contributed by atoms with Gasteiger partial charge in [0.1, 0.15) is 0 Å². The van der Waals surface area contributed by atoms with Crippen molar-refractivity contribution in [1.29, 1.82) is 0 Å². The van der Waals surface area contributed by atoms with Crippen molar-refractivity contribution in [2.24, 2.45) is 5.92 Å². The Kier molecular flexibility index (Phi) is 5.09. The number of nitro groups is 1. The normalized spacial score (nSPS) is 24.3. The summed E-state index contributed by atoms with van der Waals surface area (Å²) in [5.74, 6) is 0.527. The molecular formula is C15H22N2O3. The summed E-state index contributed by atoms with van der Waals surface area (Å²) in [6.07, 6.45) is 3.91. The van der Waals surface area contributed by atoms with Crippen LogP contribution in [0, 0.1) is 16.0 Å². The molecule has 5 nitrogen and oxygen atoms in total. The van der Waals surface area contributed by atoms with Gasteiger partial charge in [-0.25, -0.2) is 0 Å². The lowest BCUT2D eigenvalue weighted by molar-refractivity contribution is -0.384. The maximum absolute atomic E-state index is 10.6. The van der Waals surface area contributed by atoms with Gasteiger partial charge in [-0.3, -0.25) is 10.1 Å². The average Bonchev–Trinajstić information content (AvgIpc) is 2.45. The zero-order valence-electron chi connectivity index (χ0n) is 11.8. The second-order valence-electron chi connectivity index (χ2n) is 5.67. The highest BCUT2D eigenvalue weighted by molar-refractivity contribution is 5.34. The minimum Gasteiger partial charge on any atom is -0.393 e. The molecule has 3 unspecified atom stereocenters. The van der Waals surface area contributed by atoms with Gasteiger partial charge in [0.25, 0.3) is 5.69 Å². The van der Waals surface area contributed by atoms with Gasteiger partial charge in [-0.05, 0) is 44.2 Å². The molecule has 2 N–H and O–H groups in total. The standard InChI is InChI=1S/C15H22N2O3/c1-11(13-5-7-14(8-6-13)17(19)20)16-10-12-3-2-4-15(18)9-12/h5-8,11-12,15-16,18H,2-4,9-10H2,1H3. The van der Waals surface area contributed by atoms with Crippen LogP contribution in [-0.2, 0) is 0 Å². The second-order valence-corrected chi connectivity index (χ2v) is 5.67. The van der Waals surface area contributed by atoms with E-state index in [1.165, 1.54) is 12.1 Å². The molecule has 0 aliphatic heterocycles. The van der Waals surface area contributed by atoms with Crippen molar-refractivity contribution in [3.8, 4) is 0 Å². The van der Waals surface area contributed by atoms with Crippen molar-refractivity contribution in [2.75, 3.05) is 6.54 Å². The fourth-order valence-corrected chi connectivity index (χ4v) is 2.79. The molecule has 0 saturated heterocycles. The first-order valence-corrected chi connectivity index (χ1v) is 7.22. The van der Waals surface area contributed by atoms with Crippen LogP contribution in [0.1, 0.15) is 44.2 Å². The van der Waals surface area contributed by atoms with Crippen LogP contribution >= 0.6 is 0 Å². The minimum atomic E-state index is -0.384. The van der Waals surface area contributed by atoms with Crippen LogP contribution in [0.25, 0.3) is 0 Å². The smallest absolute Gasteiger partial charge is 0.269 e. The Hall–Kier alpha value is -1.46. The fraction of sp³-hybridized carbons (Fsp3) is 0.600. The predicted octanol–water partition coefficient (Wildman–Crippen LogP) is 2.80. The van der Waals surface area contributed by atoms with Crippen LogP contribution in [0.3, 0.4) is 0 Å². The molecule has 3 atom stereocenters. The first-order valence-electron chi connectivity index (χ1n) is 7.22. The molecule has 1 aromatic rings. The predicted molar refractivity (Wildman–Crippen MR) is 77.5 cm³/mol. The third-order valence-corrected chi connectivity index (χ3v) is 4.07. The van der Waals surface area contributed by atoms with E-state index in [0.717, 1.165) is 37.8 Å². The monoisotopic (exact) mass is 278 g/mol. The van der Waals surface area contributed by atoms with Gasteiger partial charge in [-0.15, -0.1) is 0 Å². The van der Waals surface area contributed by atoms with Gasteiger partial charge in [0.05, 0.1) is 11.0 Å². The van der Waals surface area contributed by atoms with Gasteiger partial charge in [0.2, 0.25) is 0 Å². The highest BCUT2D eigenvalue weighted by Gasteiger charge is 2.20. The van der Waals surface area contributed by atoms with E-state index in [1.54, 1.807) is 12.1 Å². The molecule has 20 heavy (non-hydrogen) atoms. The molecule has 1 aromatic carbocycles. The van der Waals surface area contributed by atoms with Crippen LogP contribution in [0.15, 0.2) is 24.3 Å². The van der Waals surface area contributed by atoms with E-state index in [0.29, 0.717) is 5.92 Å². The summed E-state index contributed by atoms with van der Waals surface area (Å²) in [5.41, 5.74) is 1.17. The van der Waals surface area contributed by atoms with Gasteiger partial charge >= 0.3 is 0 Å². The maximum Gasteiger partial charge on any atom is 0.269 e. The summed E-state index contributed by atoms with van der Waals surface area (Å²) in [4.78, 5) is 10.2. The number of benzene rings is 1. The van der Waals surface area contributed by atoms with Crippen LogP contribution in [-0.4, -0.2) is 22.7 Å². The number of hydrogen-bond acceptors (Lipinski definition) is 4. The Balaban J connectivity index is 1.84. The Labute approximate surface area is 119 Å². The zero-order valence-corrected chi connectivity index (χ0v) is 11.8. The van der Waals surface area contributed by atoms with Gasteiger partial charge in [-0.1, -0.05) is 18.6 Å². The number of hydrogen-bond donors (Lipinski definition) is 2. The SMILES string of the molecule is CC(NCC1CCCC(O)C1)c1ccc([N+](=O)[O-])cc1. The topological polar surface area (TPSA) is 75.4 Å². The summed E-state index contributed by atoms with van der Waals surface area (Å²) in [5, 5.41) is 23.7. The third kappa shape index (κ3) is 4.02. The number of aliphatic hydroxyl groups excluding tert-OH is 1. The van der Waals surface area contributed by atoms with E-state index < -0.39 is 0 Å². The molecule has 1 saturated carbocycles. The van der Waals surface area contributed by atoms with Crippen molar-refractivity contribution in [3.05, 3.63) is 39.9 Å². The molecule has 0 bridgehead atoms. The van der Waals surface area contributed by atoms with Crippen LogP contribution in [0.2, 0.25) is 0 Å². The molecule has 0 radical (unpaired) electrons. The molecule has 1 aliphatic rings. The number of nitro benzene ring substituents is 1. The molecule has 0 amide bonds. The number of rotatable bonds is 5. The first-order chi connectivity index (χ1) is 9.56. The molecule has 1 fully saturated rings. The molecule has 110 valence electrons. The largest absolute Gasteiger partial charge is 0.393 e. The molecule has 1 aliphatic carbocycles. The zero-order chi connectivity index (χ0) is 14.5. The van der Waals surface area contributed by atoms with Crippen LogP contribution in [0.4, 0.5) is 5.69 Å². The number of nitrogens with one attached hydrogen (secondary N) is 1. The summed E-state index contributed by atoms with van der Waals surface area (Å²) >= 11 is 0. The van der Waals surface area contributed by atoms with Gasteiger partial charge in [0.15, 0.2) is 0 Å². The highest BCUT2D eigenvalue weighted by Crippen LogP contribution is 2.24. The molecule has 0 aromatic heterocycles. The Morgan fingerprint density at radius 3 is 2.70 bits per heavy atom. The number of nitrogens with zero attached hydrogens (tertiary/aromatic N) is 1. The van der Waals surface area contributed by atoms with Crippen molar-refractivity contribution in [3.63, 3.8) is 0 Å². The van der Waals surface area contributed by atoms with E-state index in [2.05, 4.69) is 12.2 Å². The second kappa shape index (κ2) is 6.81.